The number of likely N-dealkylation sites (tertiary alicyclic amines) is 1. The summed E-state index contributed by atoms with van der Waals surface area (Å²) in [5.74, 6) is 1.94. The van der Waals surface area contributed by atoms with Gasteiger partial charge in [0.15, 0.2) is 0 Å². The number of nitrogens with one attached hydrogen (secondary N) is 1. The lowest BCUT2D eigenvalue weighted by atomic mass is 9.91. The molecule has 0 spiro atoms. The van der Waals surface area contributed by atoms with Crippen LogP contribution in [0.5, 0.6) is 5.75 Å². The Morgan fingerprint density at radius 3 is 3.25 bits per heavy atom. The maximum atomic E-state index is 6.13. The quantitative estimate of drug-likeness (QED) is 0.897. The number of benzene rings is 1. The van der Waals surface area contributed by atoms with Gasteiger partial charge in [-0.1, -0.05) is 15.9 Å². The highest BCUT2D eigenvalue weighted by atomic mass is 79.9. The van der Waals surface area contributed by atoms with Gasteiger partial charge in [0.2, 0.25) is 0 Å². The first-order valence-electron chi connectivity index (χ1n) is 7.69. The molecule has 1 aromatic rings. The molecule has 3 nitrogen and oxygen atoms in total. The highest BCUT2D eigenvalue weighted by molar-refractivity contribution is 9.10. The van der Waals surface area contributed by atoms with Crippen molar-refractivity contribution in [1.82, 2.24) is 10.2 Å². The van der Waals surface area contributed by atoms with Crippen molar-refractivity contribution in [1.29, 1.82) is 0 Å². The molecule has 4 rings (SSSR count). The second-order valence-electron chi connectivity index (χ2n) is 6.32. The van der Waals surface area contributed by atoms with Crippen molar-refractivity contribution < 1.29 is 4.74 Å². The van der Waals surface area contributed by atoms with Crippen LogP contribution >= 0.6 is 15.9 Å². The average molecular weight is 337 g/mol. The van der Waals surface area contributed by atoms with Gasteiger partial charge < -0.3 is 10.1 Å². The Labute approximate surface area is 128 Å². The zero-order valence-corrected chi connectivity index (χ0v) is 13.2. The van der Waals surface area contributed by atoms with Crippen LogP contribution in [0, 0.1) is 5.92 Å². The van der Waals surface area contributed by atoms with Crippen LogP contribution in [0.25, 0.3) is 0 Å². The molecule has 0 bridgehead atoms. The van der Waals surface area contributed by atoms with Crippen molar-refractivity contribution >= 4 is 15.9 Å². The van der Waals surface area contributed by atoms with Crippen molar-refractivity contribution in [3.8, 4) is 5.75 Å². The lowest BCUT2D eigenvalue weighted by Gasteiger charge is -2.38. The van der Waals surface area contributed by atoms with Gasteiger partial charge in [0.25, 0.3) is 0 Å². The second kappa shape index (κ2) is 5.32. The number of halogens is 1. The molecule has 0 saturated carbocycles. The molecule has 0 aromatic heterocycles. The first kappa shape index (κ1) is 13.1. The Bertz CT molecular complexity index is 507. The monoisotopic (exact) mass is 336 g/mol. The number of nitrogens with zero attached hydrogens (tertiary/aromatic N) is 1. The van der Waals surface area contributed by atoms with Gasteiger partial charge in [0.05, 0.1) is 0 Å². The molecule has 3 aliphatic rings. The van der Waals surface area contributed by atoms with E-state index in [0.29, 0.717) is 6.10 Å². The molecule has 3 heterocycles. The fourth-order valence-corrected chi connectivity index (χ4v) is 4.45. The van der Waals surface area contributed by atoms with Gasteiger partial charge in [-0.15, -0.1) is 0 Å². The fraction of sp³-hybridized carbons (Fsp3) is 0.625. The molecule has 0 aliphatic carbocycles. The molecular formula is C16H21BrN2O. The minimum Gasteiger partial charge on any atom is -0.488 e. The lowest BCUT2D eigenvalue weighted by Crippen LogP contribution is -2.48. The van der Waals surface area contributed by atoms with Crippen molar-refractivity contribution in [2.45, 2.75) is 31.4 Å². The van der Waals surface area contributed by atoms with E-state index in [1.807, 2.05) is 0 Å². The summed E-state index contributed by atoms with van der Waals surface area (Å²) in [7, 11) is 0. The van der Waals surface area contributed by atoms with E-state index in [4.69, 9.17) is 4.74 Å². The summed E-state index contributed by atoms with van der Waals surface area (Å²) in [6.45, 7) is 4.69. The zero-order chi connectivity index (χ0) is 13.5. The standard InChI is InChI=1S/C16H21BrN2O/c17-13-3-4-16-12(6-13)7-14(20-16)10-19-5-1-2-11-8-18-9-15(11)19/h3-4,6,11,14-15,18H,1-2,5,7-10H2. The third kappa shape index (κ3) is 2.38. The molecule has 0 amide bonds. The van der Waals surface area contributed by atoms with Crippen molar-refractivity contribution in [3.05, 3.63) is 28.2 Å². The van der Waals surface area contributed by atoms with Crippen LogP contribution < -0.4 is 10.1 Å². The number of hydrogen-bond acceptors (Lipinski definition) is 3. The van der Waals surface area contributed by atoms with Gasteiger partial charge in [0.1, 0.15) is 11.9 Å². The fourth-order valence-electron chi connectivity index (χ4n) is 4.04. The Hall–Kier alpha value is -0.580. The van der Waals surface area contributed by atoms with Crippen LogP contribution in [-0.2, 0) is 6.42 Å². The summed E-state index contributed by atoms with van der Waals surface area (Å²) in [6, 6.07) is 7.10. The number of rotatable bonds is 2. The van der Waals surface area contributed by atoms with Gasteiger partial charge in [-0.3, -0.25) is 4.90 Å². The molecular weight excluding hydrogens is 316 g/mol. The first-order chi connectivity index (χ1) is 9.79. The second-order valence-corrected chi connectivity index (χ2v) is 7.23. The maximum absolute atomic E-state index is 6.13. The number of piperidine rings is 1. The third-order valence-electron chi connectivity index (χ3n) is 5.00. The largest absolute Gasteiger partial charge is 0.488 e. The molecule has 1 aromatic carbocycles. The van der Waals surface area contributed by atoms with Gasteiger partial charge in [0, 0.05) is 30.0 Å². The Morgan fingerprint density at radius 2 is 2.30 bits per heavy atom. The Balaban J connectivity index is 1.43. The summed E-state index contributed by atoms with van der Waals surface area (Å²) in [5.41, 5.74) is 1.35. The van der Waals surface area contributed by atoms with Gasteiger partial charge >= 0.3 is 0 Å². The molecule has 20 heavy (non-hydrogen) atoms. The molecule has 2 saturated heterocycles. The van der Waals surface area contributed by atoms with E-state index in [9.17, 15) is 0 Å². The summed E-state index contributed by atoms with van der Waals surface area (Å²) in [6.07, 6.45) is 4.12. The minimum atomic E-state index is 0.332. The van der Waals surface area contributed by atoms with Crippen molar-refractivity contribution in [2.24, 2.45) is 5.92 Å². The average Bonchev–Trinajstić information content (AvgIpc) is 3.04. The van der Waals surface area contributed by atoms with E-state index in [-0.39, 0.29) is 0 Å². The molecule has 3 aliphatic heterocycles. The van der Waals surface area contributed by atoms with Crippen LogP contribution in [0.4, 0.5) is 0 Å². The van der Waals surface area contributed by atoms with Crippen LogP contribution in [0.2, 0.25) is 0 Å². The normalized spacial score (nSPS) is 32.8. The topological polar surface area (TPSA) is 24.5 Å². The predicted octanol–water partition coefficient (Wildman–Crippen LogP) is 2.44. The predicted molar refractivity (Wildman–Crippen MR) is 83.2 cm³/mol. The van der Waals surface area contributed by atoms with Crippen LogP contribution in [-0.4, -0.2) is 43.2 Å². The number of ether oxygens (including phenoxy) is 1. The van der Waals surface area contributed by atoms with Crippen LogP contribution in [0.15, 0.2) is 22.7 Å². The molecule has 3 atom stereocenters. The first-order valence-corrected chi connectivity index (χ1v) is 8.49. The van der Waals surface area contributed by atoms with E-state index in [1.54, 1.807) is 0 Å². The van der Waals surface area contributed by atoms with Crippen LogP contribution in [0.3, 0.4) is 0 Å². The zero-order valence-electron chi connectivity index (χ0n) is 11.6. The molecule has 3 unspecified atom stereocenters. The molecule has 108 valence electrons. The number of hydrogen-bond donors (Lipinski definition) is 1. The van der Waals surface area contributed by atoms with Crippen molar-refractivity contribution in [2.75, 3.05) is 26.2 Å². The summed E-state index contributed by atoms with van der Waals surface area (Å²) in [4.78, 5) is 2.67. The van der Waals surface area contributed by atoms with Gasteiger partial charge in [-0.2, -0.15) is 0 Å². The van der Waals surface area contributed by atoms with Crippen molar-refractivity contribution in [3.63, 3.8) is 0 Å². The van der Waals surface area contributed by atoms with E-state index in [0.717, 1.165) is 41.7 Å². The van der Waals surface area contributed by atoms with Gasteiger partial charge in [-0.25, -0.2) is 0 Å². The van der Waals surface area contributed by atoms with Gasteiger partial charge in [-0.05, 0) is 55.6 Å². The smallest absolute Gasteiger partial charge is 0.123 e. The van der Waals surface area contributed by atoms with E-state index in [1.165, 1.54) is 31.5 Å². The SMILES string of the molecule is Brc1ccc2c(c1)CC(CN1CCCC3CNCC31)O2. The van der Waals surface area contributed by atoms with Crippen LogP contribution in [0.1, 0.15) is 18.4 Å². The molecule has 2 fully saturated rings. The number of fused-ring (bicyclic) bond motifs is 2. The van der Waals surface area contributed by atoms with E-state index < -0.39 is 0 Å². The highest BCUT2D eigenvalue weighted by Crippen LogP contribution is 2.33. The van der Waals surface area contributed by atoms with E-state index >= 15 is 0 Å². The molecule has 1 N–H and O–H groups in total. The Kier molecular flexibility index (Phi) is 3.49. The van der Waals surface area contributed by atoms with E-state index in [2.05, 4.69) is 44.3 Å². The summed E-state index contributed by atoms with van der Waals surface area (Å²) >= 11 is 3.55. The maximum Gasteiger partial charge on any atom is 0.123 e. The summed E-state index contributed by atoms with van der Waals surface area (Å²) in [5, 5.41) is 3.56. The highest BCUT2D eigenvalue weighted by Gasteiger charge is 2.37. The third-order valence-corrected chi connectivity index (χ3v) is 5.49. The summed E-state index contributed by atoms with van der Waals surface area (Å²) < 4.78 is 7.28. The lowest BCUT2D eigenvalue weighted by molar-refractivity contribution is 0.0771. The minimum absolute atomic E-state index is 0.332. The molecule has 4 heteroatoms. The Morgan fingerprint density at radius 1 is 1.35 bits per heavy atom. The molecule has 0 radical (unpaired) electrons.